The fourth-order valence-electron chi connectivity index (χ4n) is 2.27. The second-order valence-corrected chi connectivity index (χ2v) is 5.80. The van der Waals surface area contributed by atoms with Crippen LogP contribution in [-0.4, -0.2) is 26.8 Å². The summed E-state index contributed by atoms with van der Waals surface area (Å²) in [4.78, 5) is 1.98. The van der Waals surface area contributed by atoms with Gasteiger partial charge in [0.15, 0.2) is 5.11 Å². The molecule has 22 heavy (non-hydrogen) atoms. The number of benzene rings is 1. The highest BCUT2D eigenvalue weighted by molar-refractivity contribution is 7.80. The lowest BCUT2D eigenvalue weighted by Crippen LogP contribution is -2.36. The van der Waals surface area contributed by atoms with Gasteiger partial charge in [-0.3, -0.25) is 4.68 Å². The van der Waals surface area contributed by atoms with Gasteiger partial charge in [0, 0.05) is 38.4 Å². The van der Waals surface area contributed by atoms with E-state index < -0.39 is 0 Å². The van der Waals surface area contributed by atoms with Gasteiger partial charge in [0.2, 0.25) is 0 Å². The van der Waals surface area contributed by atoms with E-state index in [-0.39, 0.29) is 5.82 Å². The van der Waals surface area contributed by atoms with Gasteiger partial charge in [0.05, 0.1) is 5.69 Å². The number of rotatable bonds is 4. The molecule has 0 bridgehead atoms. The van der Waals surface area contributed by atoms with E-state index >= 15 is 0 Å². The van der Waals surface area contributed by atoms with Crippen LogP contribution in [0.2, 0.25) is 0 Å². The number of nitrogens with one attached hydrogen (secondary N) is 1. The van der Waals surface area contributed by atoms with E-state index in [4.69, 9.17) is 12.2 Å². The van der Waals surface area contributed by atoms with E-state index in [1.165, 1.54) is 17.7 Å². The van der Waals surface area contributed by atoms with Gasteiger partial charge in [-0.1, -0.05) is 12.1 Å². The summed E-state index contributed by atoms with van der Waals surface area (Å²) >= 11 is 5.41. The van der Waals surface area contributed by atoms with Crippen molar-refractivity contribution in [3.63, 3.8) is 0 Å². The molecule has 6 heteroatoms. The monoisotopic (exact) mass is 320 g/mol. The Labute approximate surface area is 135 Å². The fourth-order valence-corrected chi connectivity index (χ4v) is 2.41. The van der Waals surface area contributed by atoms with Crippen molar-refractivity contribution < 1.29 is 4.39 Å². The quantitative estimate of drug-likeness (QED) is 0.878. The van der Waals surface area contributed by atoms with Gasteiger partial charge in [-0.05, 0) is 43.8 Å². The van der Waals surface area contributed by atoms with Gasteiger partial charge in [0.1, 0.15) is 5.82 Å². The Balaban J connectivity index is 1.93. The Kier molecular flexibility index (Phi) is 5.13. The van der Waals surface area contributed by atoms with Crippen LogP contribution in [0.4, 0.5) is 4.39 Å². The minimum Gasteiger partial charge on any atom is -0.358 e. The molecule has 2 aromatic rings. The number of aromatic nitrogens is 2. The van der Waals surface area contributed by atoms with Gasteiger partial charge < -0.3 is 10.2 Å². The zero-order valence-corrected chi connectivity index (χ0v) is 14.2. The molecule has 1 aromatic carbocycles. The first-order chi connectivity index (χ1) is 10.4. The van der Waals surface area contributed by atoms with Crippen LogP contribution >= 0.6 is 12.2 Å². The van der Waals surface area contributed by atoms with Crippen LogP contribution in [0, 0.1) is 19.7 Å². The SMILES string of the molecule is Cc1nn(C)c(C)c1CN(C)C(=S)NCc1ccc(F)cc1. The normalized spacial score (nSPS) is 10.6. The zero-order valence-electron chi connectivity index (χ0n) is 13.4. The second-order valence-electron chi connectivity index (χ2n) is 5.41. The molecule has 1 aromatic heterocycles. The van der Waals surface area contributed by atoms with E-state index in [2.05, 4.69) is 17.3 Å². The zero-order chi connectivity index (χ0) is 16.3. The smallest absolute Gasteiger partial charge is 0.169 e. The molecule has 1 heterocycles. The maximum Gasteiger partial charge on any atom is 0.169 e. The van der Waals surface area contributed by atoms with Gasteiger partial charge in [-0.2, -0.15) is 5.10 Å². The summed E-state index contributed by atoms with van der Waals surface area (Å²) in [6.45, 7) is 5.35. The van der Waals surface area contributed by atoms with Crippen LogP contribution in [0.1, 0.15) is 22.5 Å². The van der Waals surface area contributed by atoms with Gasteiger partial charge in [0.25, 0.3) is 0 Å². The highest BCUT2D eigenvalue weighted by atomic mass is 32.1. The van der Waals surface area contributed by atoms with E-state index in [0.29, 0.717) is 18.2 Å². The predicted octanol–water partition coefficient (Wildman–Crippen LogP) is 2.68. The Morgan fingerprint density at radius 2 is 1.95 bits per heavy atom. The molecular weight excluding hydrogens is 299 g/mol. The van der Waals surface area contributed by atoms with Gasteiger partial charge in [-0.25, -0.2) is 4.39 Å². The van der Waals surface area contributed by atoms with Crippen LogP contribution in [0.15, 0.2) is 24.3 Å². The minimum atomic E-state index is -0.231. The molecule has 0 fully saturated rings. The van der Waals surface area contributed by atoms with Gasteiger partial charge in [-0.15, -0.1) is 0 Å². The summed E-state index contributed by atoms with van der Waals surface area (Å²) in [5.74, 6) is -0.231. The lowest BCUT2D eigenvalue weighted by Gasteiger charge is -2.21. The third-order valence-electron chi connectivity index (χ3n) is 3.76. The molecule has 0 radical (unpaired) electrons. The maximum atomic E-state index is 12.9. The maximum absolute atomic E-state index is 12.9. The van der Waals surface area contributed by atoms with Crippen molar-refractivity contribution >= 4 is 17.3 Å². The standard InChI is InChI=1S/C16H21FN4S/c1-11-15(12(2)21(4)19-11)10-20(3)16(22)18-9-13-5-7-14(17)8-6-13/h5-8H,9-10H2,1-4H3,(H,18,22). The average Bonchev–Trinajstić information content (AvgIpc) is 2.72. The van der Waals surface area contributed by atoms with Crippen molar-refractivity contribution in [3.05, 3.63) is 52.6 Å². The van der Waals surface area contributed by atoms with Crippen LogP contribution in [0.3, 0.4) is 0 Å². The van der Waals surface area contributed by atoms with E-state index in [1.807, 2.05) is 30.6 Å². The molecule has 0 atom stereocenters. The predicted molar refractivity (Wildman–Crippen MR) is 90.0 cm³/mol. The lowest BCUT2D eigenvalue weighted by atomic mass is 10.2. The van der Waals surface area contributed by atoms with Crippen molar-refractivity contribution in [1.29, 1.82) is 0 Å². The highest BCUT2D eigenvalue weighted by Crippen LogP contribution is 2.14. The van der Waals surface area contributed by atoms with Crippen molar-refractivity contribution in [1.82, 2.24) is 20.0 Å². The highest BCUT2D eigenvalue weighted by Gasteiger charge is 2.13. The van der Waals surface area contributed by atoms with Crippen molar-refractivity contribution in [2.45, 2.75) is 26.9 Å². The summed E-state index contributed by atoms with van der Waals surface area (Å²) in [5, 5.41) is 8.27. The average molecular weight is 320 g/mol. The summed E-state index contributed by atoms with van der Waals surface area (Å²) < 4.78 is 14.8. The first kappa shape index (κ1) is 16.4. The van der Waals surface area contributed by atoms with Gasteiger partial charge >= 0.3 is 0 Å². The number of aryl methyl sites for hydroxylation is 2. The molecule has 2 rings (SSSR count). The molecule has 0 saturated heterocycles. The molecular formula is C16H21FN4S. The van der Waals surface area contributed by atoms with E-state index in [0.717, 1.165) is 17.0 Å². The molecule has 0 aliphatic heterocycles. The summed E-state index contributed by atoms with van der Waals surface area (Å²) in [7, 11) is 3.89. The second kappa shape index (κ2) is 6.87. The molecule has 0 unspecified atom stereocenters. The molecule has 0 spiro atoms. The number of thiocarbonyl (C=S) groups is 1. The molecule has 1 N–H and O–H groups in total. The summed E-state index contributed by atoms with van der Waals surface area (Å²) in [6.07, 6.45) is 0. The van der Waals surface area contributed by atoms with Crippen LogP contribution in [0.25, 0.3) is 0 Å². The number of hydrogen-bond donors (Lipinski definition) is 1. The first-order valence-corrected chi connectivity index (χ1v) is 7.51. The summed E-state index contributed by atoms with van der Waals surface area (Å²) in [5.41, 5.74) is 4.35. The topological polar surface area (TPSA) is 33.1 Å². The third kappa shape index (κ3) is 3.82. The van der Waals surface area contributed by atoms with Crippen LogP contribution < -0.4 is 5.32 Å². The Hall–Kier alpha value is -1.95. The molecule has 0 amide bonds. The van der Waals surface area contributed by atoms with Crippen LogP contribution in [0.5, 0.6) is 0 Å². The van der Waals surface area contributed by atoms with Crippen LogP contribution in [-0.2, 0) is 20.1 Å². The number of nitrogens with zero attached hydrogens (tertiary/aromatic N) is 3. The molecule has 0 aliphatic carbocycles. The summed E-state index contributed by atoms with van der Waals surface area (Å²) in [6, 6.07) is 6.40. The minimum absolute atomic E-state index is 0.231. The molecule has 0 aliphatic rings. The third-order valence-corrected chi connectivity index (χ3v) is 4.21. The van der Waals surface area contributed by atoms with Crippen molar-refractivity contribution in [3.8, 4) is 0 Å². The number of hydrogen-bond acceptors (Lipinski definition) is 2. The Bertz CT molecular complexity index is 664. The molecule has 0 saturated carbocycles. The van der Waals surface area contributed by atoms with E-state index in [1.54, 1.807) is 12.1 Å². The molecule has 118 valence electrons. The Morgan fingerprint density at radius 1 is 1.32 bits per heavy atom. The first-order valence-electron chi connectivity index (χ1n) is 7.11. The fraction of sp³-hybridized carbons (Fsp3) is 0.375. The van der Waals surface area contributed by atoms with Crippen molar-refractivity contribution in [2.75, 3.05) is 7.05 Å². The Morgan fingerprint density at radius 3 is 2.50 bits per heavy atom. The lowest BCUT2D eigenvalue weighted by molar-refractivity contribution is 0.485. The van der Waals surface area contributed by atoms with Crippen molar-refractivity contribution in [2.24, 2.45) is 7.05 Å². The molecule has 4 nitrogen and oxygen atoms in total. The number of halogens is 1. The van der Waals surface area contributed by atoms with E-state index in [9.17, 15) is 4.39 Å². The largest absolute Gasteiger partial charge is 0.358 e.